The van der Waals surface area contributed by atoms with Crippen LogP contribution in [0.2, 0.25) is 0 Å². The van der Waals surface area contributed by atoms with Crippen molar-refractivity contribution in [1.82, 2.24) is 19.3 Å². The predicted molar refractivity (Wildman–Crippen MR) is 115 cm³/mol. The van der Waals surface area contributed by atoms with Gasteiger partial charge in [-0.2, -0.15) is 0 Å². The van der Waals surface area contributed by atoms with Crippen LogP contribution in [0.15, 0.2) is 47.3 Å². The molecule has 156 valence electrons. The number of hydrogen-bond donors (Lipinski definition) is 3. The fourth-order valence-corrected chi connectivity index (χ4v) is 3.54. The maximum atomic E-state index is 13.4. The van der Waals surface area contributed by atoms with Crippen LogP contribution >= 0.6 is 0 Å². The van der Waals surface area contributed by atoms with Crippen molar-refractivity contribution < 1.29 is 14.6 Å². The molecule has 3 N–H and O–H groups in total. The number of aromatic amines is 1. The number of nitrogens with zero attached hydrogens (tertiary/aromatic N) is 3. The Morgan fingerprint density at radius 1 is 1.13 bits per heavy atom. The molecule has 0 atom stereocenters. The molecule has 0 aliphatic rings. The van der Waals surface area contributed by atoms with Crippen molar-refractivity contribution in [3.8, 4) is 28.6 Å². The second kappa shape index (κ2) is 7.96. The molecular formula is C21H23N5O4. The van der Waals surface area contributed by atoms with Crippen LogP contribution < -0.4 is 20.3 Å². The number of nitrogens with one attached hydrogen (secondary N) is 2. The molecule has 0 fully saturated rings. The van der Waals surface area contributed by atoms with Crippen LogP contribution in [-0.4, -0.2) is 52.3 Å². The van der Waals surface area contributed by atoms with Crippen LogP contribution in [0.5, 0.6) is 11.5 Å². The lowest BCUT2D eigenvalue weighted by atomic mass is 10.2. The van der Waals surface area contributed by atoms with Crippen LogP contribution in [0.3, 0.4) is 0 Å². The van der Waals surface area contributed by atoms with Gasteiger partial charge in [-0.15, -0.1) is 0 Å². The fraction of sp³-hybridized carbons (Fsp3) is 0.238. The quantitative estimate of drug-likeness (QED) is 0.432. The minimum atomic E-state index is -0.283. The lowest BCUT2D eigenvalue weighted by molar-refractivity contribution is 0.262. The Kier molecular flexibility index (Phi) is 5.20. The molecule has 9 nitrogen and oxygen atoms in total. The van der Waals surface area contributed by atoms with Gasteiger partial charge in [0.05, 0.1) is 44.1 Å². The van der Waals surface area contributed by atoms with E-state index in [1.54, 1.807) is 44.1 Å². The van der Waals surface area contributed by atoms with Crippen molar-refractivity contribution in [2.45, 2.75) is 6.54 Å². The average molecular weight is 409 g/mol. The fourth-order valence-electron chi connectivity index (χ4n) is 3.54. The number of para-hydroxylation sites is 2. The Hall–Kier alpha value is -3.72. The molecule has 0 unspecified atom stereocenters. The Balaban J connectivity index is 2.02. The predicted octanol–water partition coefficient (Wildman–Crippen LogP) is 2.23. The van der Waals surface area contributed by atoms with E-state index in [-0.39, 0.29) is 18.7 Å². The molecule has 0 saturated carbocycles. The number of aromatic nitrogens is 4. The molecule has 0 bridgehead atoms. The number of H-pyrrole nitrogens is 1. The Labute approximate surface area is 172 Å². The topological polar surface area (TPSA) is 106 Å². The van der Waals surface area contributed by atoms with E-state index >= 15 is 0 Å². The van der Waals surface area contributed by atoms with Crippen molar-refractivity contribution in [1.29, 1.82) is 0 Å². The zero-order chi connectivity index (χ0) is 21.3. The summed E-state index contributed by atoms with van der Waals surface area (Å²) in [6, 6.07) is 12.9. The van der Waals surface area contributed by atoms with Gasteiger partial charge in [0.25, 0.3) is 5.56 Å². The Bertz CT molecular complexity index is 1200. The van der Waals surface area contributed by atoms with Gasteiger partial charge in [0.1, 0.15) is 28.7 Å². The molecular weight excluding hydrogens is 386 g/mol. The van der Waals surface area contributed by atoms with E-state index in [9.17, 15) is 9.90 Å². The van der Waals surface area contributed by atoms with E-state index in [1.807, 2.05) is 24.3 Å². The SMILES string of the molecule is CNc1c(-c2nc3ccccc3[nH]2)c(=O)n(CCO)n1-c1cc(OC)cc(OC)c1. The van der Waals surface area contributed by atoms with E-state index in [1.165, 1.54) is 4.68 Å². The summed E-state index contributed by atoms with van der Waals surface area (Å²) in [7, 11) is 4.86. The van der Waals surface area contributed by atoms with Crippen LogP contribution in [0, 0.1) is 0 Å². The average Bonchev–Trinajstić information content (AvgIpc) is 3.32. The molecule has 0 amide bonds. The third-order valence-corrected chi connectivity index (χ3v) is 4.89. The molecule has 0 aliphatic carbocycles. The Morgan fingerprint density at radius 3 is 2.43 bits per heavy atom. The van der Waals surface area contributed by atoms with Crippen molar-refractivity contribution in [2.75, 3.05) is 33.2 Å². The molecule has 4 aromatic rings. The summed E-state index contributed by atoms with van der Waals surface area (Å²) in [5.41, 5.74) is 2.33. The second-order valence-electron chi connectivity index (χ2n) is 6.61. The molecule has 0 aliphatic heterocycles. The van der Waals surface area contributed by atoms with Crippen molar-refractivity contribution in [3.63, 3.8) is 0 Å². The number of ether oxygens (including phenoxy) is 2. The molecule has 30 heavy (non-hydrogen) atoms. The molecule has 4 rings (SSSR count). The first-order valence-electron chi connectivity index (χ1n) is 9.44. The monoisotopic (exact) mass is 409 g/mol. The van der Waals surface area contributed by atoms with Gasteiger partial charge in [-0.05, 0) is 12.1 Å². The number of anilines is 1. The summed E-state index contributed by atoms with van der Waals surface area (Å²) in [4.78, 5) is 21.2. The highest BCUT2D eigenvalue weighted by Crippen LogP contribution is 2.31. The third-order valence-electron chi connectivity index (χ3n) is 4.89. The highest BCUT2D eigenvalue weighted by molar-refractivity contribution is 5.82. The van der Waals surface area contributed by atoms with Gasteiger partial charge in [0.2, 0.25) is 0 Å². The van der Waals surface area contributed by atoms with Gasteiger partial charge in [-0.3, -0.25) is 4.79 Å². The van der Waals surface area contributed by atoms with Crippen LogP contribution in [0.4, 0.5) is 5.82 Å². The minimum absolute atomic E-state index is 0.104. The van der Waals surface area contributed by atoms with Crippen molar-refractivity contribution in [3.05, 3.63) is 52.8 Å². The first kappa shape index (κ1) is 19.6. The van der Waals surface area contributed by atoms with Gasteiger partial charge < -0.3 is 24.9 Å². The zero-order valence-corrected chi connectivity index (χ0v) is 17.0. The highest BCUT2D eigenvalue weighted by atomic mass is 16.5. The van der Waals surface area contributed by atoms with Gasteiger partial charge >= 0.3 is 0 Å². The number of aliphatic hydroxyl groups excluding tert-OH is 1. The summed E-state index contributed by atoms with van der Waals surface area (Å²) < 4.78 is 13.9. The maximum absolute atomic E-state index is 13.4. The number of benzene rings is 2. The number of fused-ring (bicyclic) bond motifs is 1. The van der Waals surface area contributed by atoms with Gasteiger partial charge in [-0.1, -0.05) is 12.1 Å². The highest BCUT2D eigenvalue weighted by Gasteiger charge is 2.24. The zero-order valence-electron chi connectivity index (χ0n) is 17.0. The van der Waals surface area contributed by atoms with E-state index in [4.69, 9.17) is 9.47 Å². The summed E-state index contributed by atoms with van der Waals surface area (Å²) >= 11 is 0. The van der Waals surface area contributed by atoms with Gasteiger partial charge in [0.15, 0.2) is 0 Å². The second-order valence-corrected chi connectivity index (χ2v) is 6.61. The van der Waals surface area contributed by atoms with Gasteiger partial charge in [0, 0.05) is 25.2 Å². The van der Waals surface area contributed by atoms with Crippen molar-refractivity contribution >= 4 is 16.9 Å². The standard InChI is InChI=1S/C21H23N5O4/c1-22-20-18(19-23-16-6-4-5-7-17(16)24-19)21(28)25(8-9-27)26(20)13-10-14(29-2)12-15(11-13)30-3/h4-7,10-12,22,27H,8-9H2,1-3H3,(H,23,24). The molecule has 0 radical (unpaired) electrons. The molecule has 9 heteroatoms. The van der Waals surface area contributed by atoms with Crippen LogP contribution in [-0.2, 0) is 6.54 Å². The van der Waals surface area contributed by atoms with E-state index < -0.39 is 0 Å². The number of methoxy groups -OCH3 is 2. The molecule has 2 aromatic heterocycles. The summed E-state index contributed by atoms with van der Waals surface area (Å²) in [6.45, 7) is -0.0962. The van der Waals surface area contributed by atoms with Crippen LogP contribution in [0.25, 0.3) is 28.1 Å². The molecule has 2 heterocycles. The van der Waals surface area contributed by atoms with E-state index in [2.05, 4.69) is 15.3 Å². The molecule has 0 saturated heterocycles. The summed E-state index contributed by atoms with van der Waals surface area (Å²) in [6.07, 6.45) is 0. The van der Waals surface area contributed by atoms with Gasteiger partial charge in [-0.25, -0.2) is 14.3 Å². The first-order valence-corrected chi connectivity index (χ1v) is 9.44. The third kappa shape index (κ3) is 3.18. The number of imidazole rings is 1. The summed E-state index contributed by atoms with van der Waals surface area (Å²) in [5, 5.41) is 12.7. The largest absolute Gasteiger partial charge is 0.497 e. The van der Waals surface area contributed by atoms with Crippen LogP contribution in [0.1, 0.15) is 0 Å². The summed E-state index contributed by atoms with van der Waals surface area (Å²) in [5.74, 6) is 2.13. The number of aliphatic hydroxyl groups is 1. The number of rotatable bonds is 7. The lowest BCUT2D eigenvalue weighted by Gasteiger charge is -2.16. The first-order chi connectivity index (χ1) is 14.6. The minimum Gasteiger partial charge on any atom is -0.497 e. The van der Waals surface area contributed by atoms with E-state index in [0.29, 0.717) is 34.4 Å². The number of hydrogen-bond acceptors (Lipinski definition) is 6. The maximum Gasteiger partial charge on any atom is 0.280 e. The molecule has 2 aromatic carbocycles. The smallest absolute Gasteiger partial charge is 0.280 e. The molecule has 0 spiro atoms. The van der Waals surface area contributed by atoms with E-state index in [0.717, 1.165) is 11.0 Å². The Morgan fingerprint density at radius 2 is 1.83 bits per heavy atom. The van der Waals surface area contributed by atoms with Crippen molar-refractivity contribution in [2.24, 2.45) is 0 Å². The normalized spacial score (nSPS) is 11.1. The lowest BCUT2D eigenvalue weighted by Crippen LogP contribution is -2.24.